The van der Waals surface area contributed by atoms with Gasteiger partial charge in [-0.05, 0) is 26.0 Å². The van der Waals surface area contributed by atoms with E-state index in [1.54, 1.807) is 0 Å². The Balaban J connectivity index is 1.87. The lowest BCUT2D eigenvalue weighted by molar-refractivity contribution is 0.208. The van der Waals surface area contributed by atoms with Crippen LogP contribution >= 0.6 is 0 Å². The number of fused-ring (bicyclic) bond motifs is 1. The minimum atomic E-state index is 0.0188. The molecule has 1 saturated heterocycles. The van der Waals surface area contributed by atoms with Gasteiger partial charge in [0.2, 0.25) is 0 Å². The van der Waals surface area contributed by atoms with Gasteiger partial charge in [0.15, 0.2) is 5.82 Å². The van der Waals surface area contributed by atoms with Crippen molar-refractivity contribution in [3.05, 3.63) is 30.1 Å². The lowest BCUT2D eigenvalue weighted by atomic mass is 10.2. The average Bonchev–Trinajstić information content (AvgIpc) is 2.85. The maximum Gasteiger partial charge on any atom is 0.153 e. The number of hydrogen-bond acceptors (Lipinski definition) is 4. The first-order valence-electron chi connectivity index (χ1n) is 7.26. The molecule has 20 heavy (non-hydrogen) atoms. The van der Waals surface area contributed by atoms with E-state index in [2.05, 4.69) is 28.6 Å². The zero-order chi connectivity index (χ0) is 14.1. The van der Waals surface area contributed by atoms with Gasteiger partial charge in [0.25, 0.3) is 0 Å². The fourth-order valence-electron chi connectivity index (χ4n) is 2.88. The van der Waals surface area contributed by atoms with E-state index in [0.29, 0.717) is 6.04 Å². The van der Waals surface area contributed by atoms with Gasteiger partial charge in [-0.1, -0.05) is 6.07 Å². The van der Waals surface area contributed by atoms with Crippen LogP contribution in [-0.2, 0) is 6.61 Å². The minimum Gasteiger partial charge on any atom is -0.390 e. The fraction of sp³-hybridized carbons (Fsp3) is 0.533. The normalized spacial score (nSPS) is 17.3. The Kier molecular flexibility index (Phi) is 3.63. The van der Waals surface area contributed by atoms with E-state index in [-0.39, 0.29) is 6.61 Å². The Morgan fingerprint density at radius 1 is 1.20 bits per heavy atom. The molecule has 1 aliphatic heterocycles. The highest BCUT2D eigenvalue weighted by atomic mass is 16.3. The third-order valence-electron chi connectivity index (χ3n) is 4.10. The number of imidazole rings is 1. The van der Waals surface area contributed by atoms with Gasteiger partial charge in [-0.3, -0.25) is 9.30 Å². The Morgan fingerprint density at radius 3 is 2.60 bits per heavy atom. The van der Waals surface area contributed by atoms with Crippen LogP contribution in [0.1, 0.15) is 19.5 Å². The molecule has 1 aliphatic rings. The van der Waals surface area contributed by atoms with Gasteiger partial charge in [-0.25, -0.2) is 4.98 Å². The van der Waals surface area contributed by atoms with Gasteiger partial charge in [0.05, 0.1) is 12.3 Å². The predicted molar refractivity (Wildman–Crippen MR) is 80.0 cm³/mol. The molecule has 0 radical (unpaired) electrons. The van der Waals surface area contributed by atoms with Gasteiger partial charge in [-0.2, -0.15) is 0 Å². The first-order chi connectivity index (χ1) is 9.70. The molecule has 5 heteroatoms. The highest BCUT2D eigenvalue weighted by Gasteiger charge is 2.23. The van der Waals surface area contributed by atoms with Crippen molar-refractivity contribution in [1.29, 1.82) is 0 Å². The van der Waals surface area contributed by atoms with E-state index in [1.165, 1.54) is 0 Å². The molecular weight excluding hydrogens is 252 g/mol. The van der Waals surface area contributed by atoms with Gasteiger partial charge in [-0.15, -0.1) is 0 Å². The Morgan fingerprint density at radius 2 is 1.95 bits per heavy atom. The smallest absolute Gasteiger partial charge is 0.153 e. The van der Waals surface area contributed by atoms with Crippen LogP contribution in [0.3, 0.4) is 0 Å². The predicted octanol–water partition coefficient (Wildman–Crippen LogP) is 1.36. The van der Waals surface area contributed by atoms with Crippen molar-refractivity contribution in [3.63, 3.8) is 0 Å². The molecule has 2 aromatic heterocycles. The summed E-state index contributed by atoms with van der Waals surface area (Å²) in [5.74, 6) is 0.933. The largest absolute Gasteiger partial charge is 0.390 e. The second-order valence-corrected chi connectivity index (χ2v) is 5.59. The zero-order valence-electron chi connectivity index (χ0n) is 12.2. The second-order valence-electron chi connectivity index (χ2n) is 5.59. The van der Waals surface area contributed by atoms with Gasteiger partial charge < -0.3 is 10.0 Å². The molecule has 0 atom stereocenters. The summed E-state index contributed by atoms with van der Waals surface area (Å²) in [5.41, 5.74) is 1.79. The summed E-state index contributed by atoms with van der Waals surface area (Å²) in [6.07, 6.45) is 1.96. The van der Waals surface area contributed by atoms with E-state index >= 15 is 0 Å². The molecular formula is C15H22N4O. The summed E-state index contributed by atoms with van der Waals surface area (Å²) in [7, 11) is 0. The number of aromatic nitrogens is 2. The highest BCUT2D eigenvalue weighted by Crippen LogP contribution is 2.23. The van der Waals surface area contributed by atoms with Crippen molar-refractivity contribution in [2.45, 2.75) is 26.5 Å². The molecule has 1 fully saturated rings. The number of aliphatic hydroxyl groups excluding tert-OH is 1. The number of anilines is 1. The van der Waals surface area contributed by atoms with Crippen LogP contribution in [0.15, 0.2) is 24.4 Å². The van der Waals surface area contributed by atoms with Gasteiger partial charge in [0, 0.05) is 38.4 Å². The van der Waals surface area contributed by atoms with Crippen molar-refractivity contribution in [2.75, 3.05) is 31.1 Å². The SMILES string of the molecule is CC(C)N1CCN(c2nc3ccccn3c2CO)CC1. The summed E-state index contributed by atoms with van der Waals surface area (Å²) >= 11 is 0. The number of hydrogen-bond donors (Lipinski definition) is 1. The third-order valence-corrected chi connectivity index (χ3v) is 4.10. The Hall–Kier alpha value is -1.59. The van der Waals surface area contributed by atoms with E-state index in [4.69, 9.17) is 0 Å². The molecule has 0 saturated carbocycles. The molecule has 0 bridgehead atoms. The summed E-state index contributed by atoms with van der Waals surface area (Å²) < 4.78 is 1.98. The molecule has 0 unspecified atom stereocenters. The fourth-order valence-corrected chi connectivity index (χ4v) is 2.88. The maximum absolute atomic E-state index is 9.68. The summed E-state index contributed by atoms with van der Waals surface area (Å²) in [5, 5.41) is 9.68. The molecule has 5 nitrogen and oxygen atoms in total. The van der Waals surface area contributed by atoms with Crippen LogP contribution in [-0.4, -0.2) is 51.6 Å². The van der Waals surface area contributed by atoms with Crippen LogP contribution in [0.5, 0.6) is 0 Å². The molecule has 0 spiro atoms. The van der Waals surface area contributed by atoms with Crippen LogP contribution in [0.4, 0.5) is 5.82 Å². The quantitative estimate of drug-likeness (QED) is 0.918. The maximum atomic E-state index is 9.68. The average molecular weight is 274 g/mol. The van der Waals surface area contributed by atoms with Crippen molar-refractivity contribution < 1.29 is 5.11 Å². The van der Waals surface area contributed by atoms with Crippen molar-refractivity contribution in [3.8, 4) is 0 Å². The Labute approximate surface area is 119 Å². The molecule has 108 valence electrons. The summed E-state index contributed by atoms with van der Waals surface area (Å²) in [6.45, 7) is 8.53. The molecule has 0 aliphatic carbocycles. The lowest BCUT2D eigenvalue weighted by Crippen LogP contribution is -2.49. The van der Waals surface area contributed by atoms with Gasteiger partial charge >= 0.3 is 0 Å². The molecule has 3 rings (SSSR count). The topological polar surface area (TPSA) is 44.0 Å². The monoisotopic (exact) mass is 274 g/mol. The van der Waals surface area contributed by atoms with Crippen LogP contribution < -0.4 is 4.90 Å². The minimum absolute atomic E-state index is 0.0188. The number of pyridine rings is 1. The molecule has 1 N–H and O–H groups in total. The molecule has 0 amide bonds. The van der Waals surface area contributed by atoms with Crippen LogP contribution in [0, 0.1) is 0 Å². The number of piperazine rings is 1. The number of rotatable bonds is 3. The zero-order valence-corrected chi connectivity index (χ0v) is 12.2. The second kappa shape index (κ2) is 5.42. The number of nitrogens with zero attached hydrogens (tertiary/aromatic N) is 4. The van der Waals surface area contributed by atoms with E-state index in [1.807, 2.05) is 28.8 Å². The van der Waals surface area contributed by atoms with Crippen LogP contribution in [0.2, 0.25) is 0 Å². The van der Waals surface area contributed by atoms with Crippen molar-refractivity contribution in [2.24, 2.45) is 0 Å². The Bertz CT molecular complexity index is 585. The van der Waals surface area contributed by atoms with Gasteiger partial charge in [0.1, 0.15) is 5.65 Å². The molecule has 0 aromatic carbocycles. The lowest BCUT2D eigenvalue weighted by Gasteiger charge is -2.37. The van der Waals surface area contributed by atoms with E-state index in [0.717, 1.165) is 43.3 Å². The van der Waals surface area contributed by atoms with Crippen molar-refractivity contribution >= 4 is 11.5 Å². The van der Waals surface area contributed by atoms with E-state index in [9.17, 15) is 5.11 Å². The highest BCUT2D eigenvalue weighted by molar-refractivity contribution is 5.56. The van der Waals surface area contributed by atoms with Crippen LogP contribution in [0.25, 0.3) is 5.65 Å². The summed E-state index contributed by atoms with van der Waals surface area (Å²) in [4.78, 5) is 9.45. The first kappa shape index (κ1) is 13.4. The molecule has 3 heterocycles. The standard InChI is InChI=1S/C15H22N4O/c1-12(2)17-7-9-18(10-8-17)15-13(11-20)19-6-4-3-5-14(19)16-15/h3-6,12,20H,7-11H2,1-2H3. The van der Waals surface area contributed by atoms with E-state index < -0.39 is 0 Å². The number of aliphatic hydroxyl groups is 1. The molecule has 2 aromatic rings. The van der Waals surface area contributed by atoms with Crippen molar-refractivity contribution in [1.82, 2.24) is 14.3 Å². The first-order valence-corrected chi connectivity index (χ1v) is 7.26. The third kappa shape index (κ3) is 2.27. The summed E-state index contributed by atoms with van der Waals surface area (Å²) in [6, 6.07) is 6.52.